The Hall–Kier alpha value is -2.12. The van der Waals surface area contributed by atoms with Crippen LogP contribution < -0.4 is 10.6 Å². The molecule has 4 amide bonds. The van der Waals surface area contributed by atoms with Crippen molar-refractivity contribution in [1.82, 2.24) is 15.5 Å². The molecule has 8 nitrogen and oxygen atoms in total. The molecule has 22 heavy (non-hydrogen) atoms. The number of amides is 4. The van der Waals surface area contributed by atoms with E-state index in [1.165, 1.54) is 0 Å². The highest BCUT2D eigenvalue weighted by Crippen LogP contribution is 2.37. The molecule has 1 saturated carbocycles. The molecule has 0 unspecified atom stereocenters. The second-order valence-corrected chi connectivity index (χ2v) is 5.93. The molecule has 3 N–H and O–H groups in total. The summed E-state index contributed by atoms with van der Waals surface area (Å²) in [7, 11) is 0. The molecule has 1 aliphatic carbocycles. The van der Waals surface area contributed by atoms with Crippen LogP contribution in [0, 0.1) is 5.92 Å². The highest BCUT2D eigenvalue weighted by atomic mass is 16.4. The predicted octanol–water partition coefficient (Wildman–Crippen LogP) is 0.0780. The monoisotopic (exact) mass is 311 g/mol. The van der Waals surface area contributed by atoms with Crippen LogP contribution in [0.2, 0.25) is 0 Å². The summed E-state index contributed by atoms with van der Waals surface area (Å²) in [4.78, 5) is 47.4. The minimum atomic E-state index is -1.18. The Morgan fingerprint density at radius 1 is 1.36 bits per heavy atom. The number of hydrogen-bond acceptors (Lipinski definition) is 4. The lowest BCUT2D eigenvalue weighted by molar-refractivity contribution is -0.138. The molecule has 0 aromatic carbocycles. The normalized spacial score (nSPS) is 27.9. The summed E-state index contributed by atoms with van der Waals surface area (Å²) >= 11 is 0. The Morgan fingerprint density at radius 2 is 2.00 bits per heavy atom. The molecule has 0 atom stereocenters. The smallest absolute Gasteiger partial charge is 0.325 e. The topological polar surface area (TPSA) is 116 Å². The first-order valence-electron chi connectivity index (χ1n) is 7.50. The molecule has 1 aliphatic heterocycles. The van der Waals surface area contributed by atoms with Crippen LogP contribution in [0.4, 0.5) is 4.79 Å². The van der Waals surface area contributed by atoms with Crippen molar-refractivity contribution in [2.45, 2.75) is 44.6 Å². The molecular formula is C14H21N3O5. The first kappa shape index (κ1) is 16.3. The molecule has 2 fully saturated rings. The largest absolute Gasteiger partial charge is 0.480 e. The maximum atomic E-state index is 12.5. The Kier molecular flexibility index (Phi) is 4.68. The summed E-state index contributed by atoms with van der Waals surface area (Å²) in [6.07, 6.45) is 3.98. The van der Waals surface area contributed by atoms with Crippen LogP contribution >= 0.6 is 0 Å². The number of carbonyl (C=O) groups excluding carboxylic acids is 3. The minimum Gasteiger partial charge on any atom is -0.480 e. The van der Waals surface area contributed by atoms with Gasteiger partial charge in [-0.15, -0.1) is 0 Å². The van der Waals surface area contributed by atoms with E-state index in [0.29, 0.717) is 18.8 Å². The number of aliphatic carboxylic acids is 1. The molecule has 2 aliphatic rings. The van der Waals surface area contributed by atoms with Gasteiger partial charge in [-0.3, -0.25) is 19.3 Å². The summed E-state index contributed by atoms with van der Waals surface area (Å²) in [6.45, 7) is 1.12. The fourth-order valence-corrected chi connectivity index (χ4v) is 3.11. The fraction of sp³-hybridized carbons (Fsp3) is 0.714. The number of urea groups is 1. The predicted molar refractivity (Wildman–Crippen MR) is 75.9 cm³/mol. The van der Waals surface area contributed by atoms with Crippen LogP contribution in [0.15, 0.2) is 0 Å². The van der Waals surface area contributed by atoms with Gasteiger partial charge in [-0.25, -0.2) is 4.79 Å². The van der Waals surface area contributed by atoms with E-state index in [1.807, 2.05) is 0 Å². The zero-order valence-electron chi connectivity index (χ0n) is 12.6. The van der Waals surface area contributed by atoms with Gasteiger partial charge in [0.1, 0.15) is 18.6 Å². The van der Waals surface area contributed by atoms with Gasteiger partial charge < -0.3 is 15.7 Å². The molecule has 0 aromatic heterocycles. The van der Waals surface area contributed by atoms with Crippen LogP contribution in [0.3, 0.4) is 0 Å². The van der Waals surface area contributed by atoms with E-state index in [-0.39, 0.29) is 5.91 Å². The Balaban J connectivity index is 1.97. The van der Waals surface area contributed by atoms with Gasteiger partial charge in [0.15, 0.2) is 0 Å². The Bertz CT molecular complexity index is 497. The zero-order chi connectivity index (χ0) is 16.3. The highest BCUT2D eigenvalue weighted by Gasteiger charge is 2.52. The Morgan fingerprint density at radius 3 is 2.55 bits per heavy atom. The lowest BCUT2D eigenvalue weighted by Crippen LogP contribution is -2.50. The van der Waals surface area contributed by atoms with E-state index >= 15 is 0 Å². The van der Waals surface area contributed by atoms with Crippen molar-refractivity contribution in [1.29, 1.82) is 0 Å². The quantitative estimate of drug-likeness (QED) is 0.622. The van der Waals surface area contributed by atoms with Gasteiger partial charge in [-0.2, -0.15) is 0 Å². The molecule has 8 heteroatoms. The average Bonchev–Trinajstić information content (AvgIpc) is 2.70. The second kappa shape index (κ2) is 6.33. The van der Waals surface area contributed by atoms with Crippen LogP contribution in [0.25, 0.3) is 0 Å². The van der Waals surface area contributed by atoms with Crippen molar-refractivity contribution in [3.05, 3.63) is 0 Å². The molecule has 0 aromatic rings. The maximum absolute atomic E-state index is 12.5. The molecule has 2 rings (SSSR count). The standard InChI is InChI=1S/C14H21N3O5/c1-2-9-3-5-14(6-4-9)12(21)17(13(22)16-14)8-10(18)15-7-11(19)20/h9H,2-8H2,1H3,(H,15,18)(H,16,22)(H,19,20). The van der Waals surface area contributed by atoms with E-state index in [9.17, 15) is 19.2 Å². The summed E-state index contributed by atoms with van der Waals surface area (Å²) in [5.41, 5.74) is -0.879. The Labute approximate surface area is 128 Å². The van der Waals surface area contributed by atoms with E-state index < -0.39 is 36.5 Å². The maximum Gasteiger partial charge on any atom is 0.325 e. The summed E-state index contributed by atoms with van der Waals surface area (Å²) in [5, 5.41) is 13.4. The van der Waals surface area contributed by atoms with Gasteiger partial charge in [0.05, 0.1) is 0 Å². The lowest BCUT2D eigenvalue weighted by Gasteiger charge is -2.34. The molecule has 1 spiro atoms. The molecular weight excluding hydrogens is 290 g/mol. The zero-order valence-corrected chi connectivity index (χ0v) is 12.6. The van der Waals surface area contributed by atoms with Crippen molar-refractivity contribution < 1.29 is 24.3 Å². The van der Waals surface area contributed by atoms with Crippen molar-refractivity contribution in [3.63, 3.8) is 0 Å². The van der Waals surface area contributed by atoms with E-state index in [1.54, 1.807) is 0 Å². The lowest BCUT2D eigenvalue weighted by atomic mass is 9.75. The number of nitrogens with one attached hydrogen (secondary N) is 2. The number of carboxylic acids is 1. The number of nitrogens with zero attached hydrogens (tertiary/aromatic N) is 1. The van der Waals surface area contributed by atoms with Crippen molar-refractivity contribution >= 4 is 23.8 Å². The molecule has 0 radical (unpaired) electrons. The molecule has 122 valence electrons. The number of imide groups is 1. The molecule has 1 heterocycles. The third-order valence-corrected chi connectivity index (χ3v) is 4.52. The van der Waals surface area contributed by atoms with Crippen molar-refractivity contribution in [3.8, 4) is 0 Å². The third kappa shape index (κ3) is 3.20. The van der Waals surface area contributed by atoms with Gasteiger partial charge in [0.2, 0.25) is 5.91 Å². The van der Waals surface area contributed by atoms with Crippen molar-refractivity contribution in [2.75, 3.05) is 13.1 Å². The average molecular weight is 311 g/mol. The van der Waals surface area contributed by atoms with Gasteiger partial charge in [0.25, 0.3) is 5.91 Å². The van der Waals surface area contributed by atoms with E-state index in [4.69, 9.17) is 5.11 Å². The van der Waals surface area contributed by atoms with Crippen molar-refractivity contribution in [2.24, 2.45) is 5.92 Å². The number of hydrogen-bond donors (Lipinski definition) is 3. The first-order valence-corrected chi connectivity index (χ1v) is 7.50. The van der Waals surface area contributed by atoms with Gasteiger partial charge in [0, 0.05) is 0 Å². The number of carbonyl (C=O) groups is 4. The number of rotatable bonds is 5. The van der Waals surface area contributed by atoms with Crippen LogP contribution in [-0.2, 0) is 14.4 Å². The van der Waals surface area contributed by atoms with Crippen LogP contribution in [0.1, 0.15) is 39.0 Å². The second-order valence-electron chi connectivity index (χ2n) is 5.93. The number of carboxylic acid groups (broad SMARTS) is 1. The molecule has 0 bridgehead atoms. The highest BCUT2D eigenvalue weighted by molar-refractivity contribution is 6.09. The fourth-order valence-electron chi connectivity index (χ4n) is 3.11. The van der Waals surface area contributed by atoms with E-state index in [0.717, 1.165) is 24.2 Å². The minimum absolute atomic E-state index is 0.377. The van der Waals surface area contributed by atoms with Gasteiger partial charge >= 0.3 is 12.0 Å². The van der Waals surface area contributed by atoms with Crippen LogP contribution in [0.5, 0.6) is 0 Å². The van der Waals surface area contributed by atoms with Gasteiger partial charge in [-0.05, 0) is 31.6 Å². The first-order chi connectivity index (χ1) is 10.4. The van der Waals surface area contributed by atoms with Crippen LogP contribution in [-0.4, -0.2) is 52.4 Å². The van der Waals surface area contributed by atoms with E-state index in [2.05, 4.69) is 17.6 Å². The SMILES string of the molecule is CCC1CCC2(CC1)NC(=O)N(CC(=O)NCC(=O)O)C2=O. The third-order valence-electron chi connectivity index (χ3n) is 4.52. The summed E-state index contributed by atoms with van der Waals surface area (Å²) < 4.78 is 0. The summed E-state index contributed by atoms with van der Waals surface area (Å²) in [5.74, 6) is -1.65. The summed E-state index contributed by atoms with van der Waals surface area (Å²) in [6, 6.07) is -0.578. The molecule has 1 saturated heterocycles. The van der Waals surface area contributed by atoms with Gasteiger partial charge in [-0.1, -0.05) is 13.3 Å².